The van der Waals surface area contributed by atoms with E-state index < -0.39 is 12.1 Å². The number of ether oxygens (including phenoxy) is 1. The Labute approximate surface area is 205 Å². The molecule has 0 radical (unpaired) electrons. The molecule has 35 heavy (non-hydrogen) atoms. The molecule has 0 aromatic heterocycles. The number of anilines is 1. The molecule has 1 aliphatic rings. The predicted octanol–water partition coefficient (Wildman–Crippen LogP) is 5.75. The summed E-state index contributed by atoms with van der Waals surface area (Å²) in [5, 5.41) is 2.89. The first-order valence-corrected chi connectivity index (χ1v) is 12.1. The lowest BCUT2D eigenvalue weighted by Crippen LogP contribution is -2.42. The molecule has 0 saturated heterocycles. The number of hydrogen-bond acceptors (Lipinski definition) is 3. The van der Waals surface area contributed by atoms with E-state index in [4.69, 9.17) is 4.74 Å². The molecular weight excluding hydrogens is 443 g/mol. The Balaban J connectivity index is 1.65. The molecular formula is C29H31FN2O3. The molecule has 0 saturated carbocycles. The maximum atomic E-state index is 14.2. The summed E-state index contributed by atoms with van der Waals surface area (Å²) in [6, 6.07) is 21.0. The second kappa shape index (κ2) is 10.7. The molecule has 4 rings (SSSR count). The monoisotopic (exact) mass is 474 g/mol. The van der Waals surface area contributed by atoms with Crippen molar-refractivity contribution >= 4 is 17.5 Å². The van der Waals surface area contributed by atoms with Crippen molar-refractivity contribution in [2.75, 3.05) is 11.9 Å². The lowest BCUT2D eigenvalue weighted by atomic mass is 9.87. The Hall–Kier alpha value is -3.67. The Bertz CT molecular complexity index is 1200. The molecule has 1 N–H and O–H groups in total. The average molecular weight is 475 g/mol. The maximum Gasteiger partial charge on any atom is 0.265 e. The highest BCUT2D eigenvalue weighted by molar-refractivity contribution is 5.94. The van der Waals surface area contributed by atoms with Gasteiger partial charge in [-0.15, -0.1) is 0 Å². The van der Waals surface area contributed by atoms with Crippen LogP contribution in [0.1, 0.15) is 49.9 Å². The van der Waals surface area contributed by atoms with Gasteiger partial charge in [-0.05, 0) is 65.9 Å². The number of nitrogens with one attached hydrogen (secondary N) is 1. The first-order chi connectivity index (χ1) is 16.9. The summed E-state index contributed by atoms with van der Waals surface area (Å²) in [6.07, 6.45) is 0.505. The van der Waals surface area contributed by atoms with Gasteiger partial charge in [-0.3, -0.25) is 9.59 Å². The summed E-state index contributed by atoms with van der Waals surface area (Å²) >= 11 is 0. The molecule has 6 heteroatoms. The van der Waals surface area contributed by atoms with Crippen LogP contribution in [0.25, 0.3) is 0 Å². The van der Waals surface area contributed by atoms with E-state index in [2.05, 4.69) is 5.32 Å². The number of halogens is 1. The Morgan fingerprint density at radius 2 is 1.83 bits per heavy atom. The third-order valence-electron chi connectivity index (χ3n) is 6.27. The van der Waals surface area contributed by atoms with Gasteiger partial charge in [0.05, 0.1) is 6.04 Å². The summed E-state index contributed by atoms with van der Waals surface area (Å²) in [7, 11) is 0. The Kier molecular flexibility index (Phi) is 7.49. The number of benzene rings is 3. The highest BCUT2D eigenvalue weighted by Crippen LogP contribution is 2.38. The van der Waals surface area contributed by atoms with Crippen molar-refractivity contribution in [3.63, 3.8) is 0 Å². The topological polar surface area (TPSA) is 58.6 Å². The highest BCUT2D eigenvalue weighted by atomic mass is 19.1. The molecule has 1 heterocycles. The maximum absolute atomic E-state index is 14.2. The molecule has 0 spiro atoms. The summed E-state index contributed by atoms with van der Waals surface area (Å²) in [6.45, 7) is 6.20. The van der Waals surface area contributed by atoms with Gasteiger partial charge in [-0.1, -0.05) is 57.2 Å². The van der Waals surface area contributed by atoms with E-state index in [-0.39, 0.29) is 23.5 Å². The molecule has 3 aromatic rings. The van der Waals surface area contributed by atoms with Crippen LogP contribution in [0, 0.1) is 11.7 Å². The number of rotatable bonds is 7. The minimum absolute atomic E-state index is 0.0184. The molecule has 5 nitrogen and oxygen atoms in total. The number of carbonyl (C=O) groups excluding carboxylic acids is 2. The molecule has 0 bridgehead atoms. The van der Waals surface area contributed by atoms with E-state index >= 15 is 0 Å². The molecule has 0 unspecified atom stereocenters. The van der Waals surface area contributed by atoms with Gasteiger partial charge in [0.25, 0.3) is 5.91 Å². The van der Waals surface area contributed by atoms with Crippen LogP contribution >= 0.6 is 0 Å². The lowest BCUT2D eigenvalue weighted by molar-refractivity contribution is -0.136. The lowest BCUT2D eigenvalue weighted by Gasteiger charge is -2.39. The second-order valence-corrected chi connectivity index (χ2v) is 9.12. The highest BCUT2D eigenvalue weighted by Gasteiger charge is 2.34. The van der Waals surface area contributed by atoms with Gasteiger partial charge in [-0.25, -0.2) is 4.39 Å². The molecule has 0 fully saturated rings. The number of carbonyl (C=O) groups is 2. The fourth-order valence-corrected chi connectivity index (χ4v) is 4.50. The van der Waals surface area contributed by atoms with E-state index in [0.717, 1.165) is 11.1 Å². The fraction of sp³-hybridized carbons (Fsp3) is 0.310. The van der Waals surface area contributed by atoms with Crippen LogP contribution < -0.4 is 10.1 Å². The minimum atomic E-state index is -0.683. The van der Waals surface area contributed by atoms with Gasteiger partial charge in [0, 0.05) is 18.2 Å². The summed E-state index contributed by atoms with van der Waals surface area (Å²) < 4.78 is 20.3. The van der Waals surface area contributed by atoms with Gasteiger partial charge in [-0.2, -0.15) is 0 Å². The van der Waals surface area contributed by atoms with Crippen molar-refractivity contribution in [2.24, 2.45) is 5.92 Å². The van der Waals surface area contributed by atoms with Gasteiger partial charge >= 0.3 is 0 Å². The number of para-hydroxylation sites is 1. The van der Waals surface area contributed by atoms with Crippen LogP contribution in [0.5, 0.6) is 5.75 Å². The number of amides is 2. The quantitative estimate of drug-likeness (QED) is 0.474. The van der Waals surface area contributed by atoms with Gasteiger partial charge in [0.2, 0.25) is 5.91 Å². The van der Waals surface area contributed by atoms with E-state index in [1.165, 1.54) is 12.1 Å². The molecule has 0 aliphatic carbocycles. The Morgan fingerprint density at radius 3 is 2.51 bits per heavy atom. The van der Waals surface area contributed by atoms with Crippen LogP contribution in [-0.2, 0) is 16.0 Å². The fourth-order valence-electron chi connectivity index (χ4n) is 4.50. The van der Waals surface area contributed by atoms with Gasteiger partial charge in [0.1, 0.15) is 11.6 Å². The van der Waals surface area contributed by atoms with Crippen LogP contribution in [0.4, 0.5) is 10.1 Å². The average Bonchev–Trinajstić information content (AvgIpc) is 2.86. The normalized spacial score (nSPS) is 15.9. The molecule has 2 atom stereocenters. The van der Waals surface area contributed by atoms with Crippen molar-refractivity contribution < 1.29 is 18.7 Å². The zero-order chi connectivity index (χ0) is 24.9. The van der Waals surface area contributed by atoms with Crippen molar-refractivity contribution in [2.45, 2.75) is 45.8 Å². The first-order valence-electron chi connectivity index (χ1n) is 12.1. The van der Waals surface area contributed by atoms with Gasteiger partial charge < -0.3 is 15.0 Å². The van der Waals surface area contributed by atoms with Crippen molar-refractivity contribution in [3.8, 4) is 5.75 Å². The standard InChI is InChI=1S/C29H31FN2O3/c1-4-26(28(33)31-23-11-6-5-7-12-23)35-24-14-13-20-15-16-32(29(34)19(2)3)27(25(20)18-24)21-9-8-10-22(30)17-21/h5-14,17-19,26-27H,4,15-16H2,1-3H3,(H,31,33)/t26-,27+/m1/s1. The minimum Gasteiger partial charge on any atom is -0.481 e. The molecule has 3 aromatic carbocycles. The van der Waals surface area contributed by atoms with E-state index in [1.54, 1.807) is 6.07 Å². The second-order valence-electron chi connectivity index (χ2n) is 9.12. The number of fused-ring (bicyclic) bond motifs is 1. The first kappa shape index (κ1) is 24.5. The zero-order valence-electron chi connectivity index (χ0n) is 20.3. The summed E-state index contributed by atoms with van der Waals surface area (Å²) in [5.74, 6) is -0.195. The van der Waals surface area contributed by atoms with Crippen LogP contribution in [-0.4, -0.2) is 29.4 Å². The van der Waals surface area contributed by atoms with Crippen molar-refractivity contribution in [3.05, 3.63) is 95.3 Å². The van der Waals surface area contributed by atoms with E-state index in [9.17, 15) is 14.0 Å². The van der Waals surface area contributed by atoms with E-state index in [0.29, 0.717) is 36.4 Å². The van der Waals surface area contributed by atoms with E-state index in [1.807, 2.05) is 80.3 Å². The Morgan fingerprint density at radius 1 is 1.06 bits per heavy atom. The van der Waals surface area contributed by atoms with Crippen LogP contribution in [0.3, 0.4) is 0 Å². The van der Waals surface area contributed by atoms with Gasteiger partial charge in [0.15, 0.2) is 6.10 Å². The summed E-state index contributed by atoms with van der Waals surface area (Å²) in [4.78, 5) is 27.8. The molecule has 2 amide bonds. The molecule has 1 aliphatic heterocycles. The van der Waals surface area contributed by atoms with Crippen molar-refractivity contribution in [1.82, 2.24) is 4.90 Å². The van der Waals surface area contributed by atoms with Crippen LogP contribution in [0.15, 0.2) is 72.8 Å². The third-order valence-corrected chi connectivity index (χ3v) is 6.27. The van der Waals surface area contributed by atoms with Crippen molar-refractivity contribution in [1.29, 1.82) is 0 Å². The summed E-state index contributed by atoms with van der Waals surface area (Å²) in [5.41, 5.74) is 3.40. The third kappa shape index (κ3) is 5.53. The largest absolute Gasteiger partial charge is 0.481 e. The predicted molar refractivity (Wildman–Crippen MR) is 135 cm³/mol. The smallest absolute Gasteiger partial charge is 0.265 e. The zero-order valence-corrected chi connectivity index (χ0v) is 20.3. The van der Waals surface area contributed by atoms with Crippen LogP contribution in [0.2, 0.25) is 0 Å². The number of hydrogen-bond donors (Lipinski definition) is 1. The SMILES string of the molecule is CC[C@@H](Oc1ccc2c(c1)[C@H](c1cccc(F)c1)N(C(=O)C(C)C)CC2)C(=O)Nc1ccccc1. The number of nitrogens with zero attached hydrogens (tertiary/aromatic N) is 1. The molecule has 182 valence electrons.